The number of anilines is 1. The summed E-state index contributed by atoms with van der Waals surface area (Å²) in [5, 5.41) is 14.7. The highest BCUT2D eigenvalue weighted by Crippen LogP contribution is 2.31. The molecule has 0 aromatic heterocycles. The van der Waals surface area contributed by atoms with E-state index in [4.69, 9.17) is 10.6 Å². The third-order valence-electron chi connectivity index (χ3n) is 3.90. The Morgan fingerprint density at radius 3 is 2.76 bits per heavy atom. The first kappa shape index (κ1) is 16.4. The smallest absolute Gasteiger partial charge is 0.271 e. The molecule has 0 spiro atoms. The van der Waals surface area contributed by atoms with Crippen LogP contribution < -0.4 is 10.6 Å². The van der Waals surface area contributed by atoms with Crippen LogP contribution in [0.25, 0.3) is 0 Å². The van der Waals surface area contributed by atoms with Crippen molar-refractivity contribution in [3.05, 3.63) is 69.8 Å². The molecule has 1 aliphatic rings. The highest BCUT2D eigenvalue weighted by Gasteiger charge is 2.27. The van der Waals surface area contributed by atoms with Crippen molar-refractivity contribution in [3.63, 3.8) is 0 Å². The largest absolute Gasteiger partial charge is 0.384 e. The predicted octanol–water partition coefficient (Wildman–Crippen LogP) is 1.82. The number of non-ortho nitro benzene ring substituents is 1. The van der Waals surface area contributed by atoms with E-state index in [0.717, 1.165) is 5.56 Å². The van der Waals surface area contributed by atoms with Gasteiger partial charge in [0, 0.05) is 24.2 Å². The van der Waals surface area contributed by atoms with Gasteiger partial charge in [0.2, 0.25) is 0 Å². The van der Waals surface area contributed by atoms with Crippen LogP contribution >= 0.6 is 0 Å². The Labute approximate surface area is 143 Å². The van der Waals surface area contributed by atoms with Crippen molar-refractivity contribution >= 4 is 23.1 Å². The van der Waals surface area contributed by atoms with Crippen LogP contribution in [0.15, 0.2) is 53.7 Å². The quantitative estimate of drug-likeness (QED) is 0.386. The fraction of sp³-hybridized carbons (Fsp3) is 0.176. The van der Waals surface area contributed by atoms with Gasteiger partial charge >= 0.3 is 0 Å². The maximum atomic E-state index is 12.3. The fourth-order valence-electron chi connectivity index (χ4n) is 2.64. The zero-order chi connectivity index (χ0) is 17.8. The Balaban J connectivity index is 1.66. The number of hydrogen-bond donors (Lipinski definition) is 1. The Hall–Kier alpha value is -3.42. The molecule has 1 heterocycles. The van der Waals surface area contributed by atoms with Crippen LogP contribution in [0.5, 0.6) is 0 Å². The van der Waals surface area contributed by atoms with Gasteiger partial charge in [0.05, 0.1) is 10.6 Å². The van der Waals surface area contributed by atoms with Gasteiger partial charge in [0.15, 0.2) is 12.4 Å². The Morgan fingerprint density at radius 2 is 2.04 bits per heavy atom. The first-order valence-corrected chi connectivity index (χ1v) is 7.65. The number of oxime groups is 1. The Morgan fingerprint density at radius 1 is 1.28 bits per heavy atom. The van der Waals surface area contributed by atoms with Gasteiger partial charge in [-0.3, -0.25) is 14.9 Å². The minimum Gasteiger partial charge on any atom is -0.384 e. The molecule has 0 fully saturated rings. The summed E-state index contributed by atoms with van der Waals surface area (Å²) in [6.07, 6.45) is 0.647. The molecule has 0 radical (unpaired) electrons. The maximum absolute atomic E-state index is 12.3. The number of amides is 1. The van der Waals surface area contributed by atoms with E-state index in [1.165, 1.54) is 17.0 Å². The highest BCUT2D eigenvalue weighted by molar-refractivity contribution is 5.98. The first-order chi connectivity index (χ1) is 12.1. The number of rotatable bonds is 5. The number of carbonyl (C=O) groups excluding carboxylic acids is 1. The molecule has 0 bridgehead atoms. The molecule has 2 aromatic carbocycles. The van der Waals surface area contributed by atoms with Crippen LogP contribution in [-0.2, 0) is 16.1 Å². The molecule has 0 aliphatic carbocycles. The van der Waals surface area contributed by atoms with Crippen molar-refractivity contribution in [2.45, 2.75) is 6.42 Å². The molecular formula is C17H16N4O4. The number of hydrogen-bond acceptors (Lipinski definition) is 5. The van der Waals surface area contributed by atoms with Gasteiger partial charge in [-0.15, -0.1) is 0 Å². The Kier molecular flexibility index (Phi) is 4.60. The molecule has 2 aromatic rings. The molecule has 0 atom stereocenters. The summed E-state index contributed by atoms with van der Waals surface area (Å²) < 4.78 is 0. The van der Waals surface area contributed by atoms with Crippen molar-refractivity contribution in [3.8, 4) is 0 Å². The van der Waals surface area contributed by atoms with E-state index in [0.29, 0.717) is 24.2 Å². The summed E-state index contributed by atoms with van der Waals surface area (Å²) in [7, 11) is 0. The van der Waals surface area contributed by atoms with Crippen molar-refractivity contribution in [1.29, 1.82) is 0 Å². The van der Waals surface area contributed by atoms with Crippen LogP contribution in [-0.4, -0.2) is 29.8 Å². The van der Waals surface area contributed by atoms with Gasteiger partial charge in [-0.2, -0.15) is 0 Å². The van der Waals surface area contributed by atoms with Gasteiger partial charge in [-0.05, 0) is 12.0 Å². The molecule has 0 saturated carbocycles. The molecule has 3 rings (SSSR count). The van der Waals surface area contributed by atoms with Crippen LogP contribution in [0.4, 0.5) is 11.4 Å². The molecule has 2 N–H and O–H groups in total. The van der Waals surface area contributed by atoms with Crippen molar-refractivity contribution < 1.29 is 14.6 Å². The third kappa shape index (κ3) is 3.57. The predicted molar refractivity (Wildman–Crippen MR) is 92.3 cm³/mol. The van der Waals surface area contributed by atoms with E-state index in [1.54, 1.807) is 18.2 Å². The van der Waals surface area contributed by atoms with Crippen LogP contribution in [0, 0.1) is 10.1 Å². The average Bonchev–Trinajstić information content (AvgIpc) is 3.05. The van der Waals surface area contributed by atoms with Gasteiger partial charge in [0.1, 0.15) is 0 Å². The van der Waals surface area contributed by atoms with Crippen LogP contribution in [0.3, 0.4) is 0 Å². The number of nitrogens with two attached hydrogens (primary N) is 1. The van der Waals surface area contributed by atoms with E-state index in [9.17, 15) is 14.9 Å². The SMILES string of the molecule is N/C(=N\OCC(=O)N1CCc2ccc([N+](=O)[O-])cc21)c1ccccc1. The lowest BCUT2D eigenvalue weighted by Crippen LogP contribution is -2.32. The summed E-state index contributed by atoms with van der Waals surface area (Å²) in [5.74, 6) is -0.158. The molecule has 128 valence electrons. The molecule has 1 aliphatic heterocycles. The zero-order valence-corrected chi connectivity index (χ0v) is 13.3. The second kappa shape index (κ2) is 7.00. The molecular weight excluding hydrogens is 324 g/mol. The summed E-state index contributed by atoms with van der Waals surface area (Å²) >= 11 is 0. The van der Waals surface area contributed by atoms with Crippen molar-refractivity contribution in [2.24, 2.45) is 10.9 Å². The second-order valence-corrected chi connectivity index (χ2v) is 5.48. The molecule has 1 amide bonds. The lowest BCUT2D eigenvalue weighted by Gasteiger charge is -2.16. The third-order valence-corrected chi connectivity index (χ3v) is 3.90. The van der Waals surface area contributed by atoms with Crippen LogP contribution in [0.2, 0.25) is 0 Å². The number of nitro groups is 1. The van der Waals surface area contributed by atoms with Crippen molar-refractivity contribution in [2.75, 3.05) is 18.1 Å². The monoisotopic (exact) mass is 340 g/mol. The lowest BCUT2D eigenvalue weighted by atomic mass is 10.1. The first-order valence-electron chi connectivity index (χ1n) is 7.65. The number of carbonyl (C=O) groups is 1. The normalized spacial score (nSPS) is 13.4. The van der Waals surface area contributed by atoms with E-state index < -0.39 is 4.92 Å². The van der Waals surface area contributed by atoms with Gasteiger partial charge in [-0.1, -0.05) is 41.6 Å². The highest BCUT2D eigenvalue weighted by atomic mass is 16.6. The fourth-order valence-corrected chi connectivity index (χ4v) is 2.64. The lowest BCUT2D eigenvalue weighted by molar-refractivity contribution is -0.384. The topological polar surface area (TPSA) is 111 Å². The molecule has 0 unspecified atom stereocenters. The molecule has 25 heavy (non-hydrogen) atoms. The molecule has 8 heteroatoms. The van der Waals surface area contributed by atoms with E-state index in [-0.39, 0.29) is 24.0 Å². The van der Waals surface area contributed by atoms with E-state index in [2.05, 4.69) is 5.16 Å². The molecule has 0 saturated heterocycles. The van der Waals surface area contributed by atoms with Crippen LogP contribution in [0.1, 0.15) is 11.1 Å². The number of nitro benzene ring substituents is 1. The maximum Gasteiger partial charge on any atom is 0.271 e. The van der Waals surface area contributed by atoms with E-state index >= 15 is 0 Å². The number of nitrogens with zero attached hydrogens (tertiary/aromatic N) is 3. The second-order valence-electron chi connectivity index (χ2n) is 5.48. The average molecular weight is 340 g/mol. The molecule has 8 nitrogen and oxygen atoms in total. The van der Waals surface area contributed by atoms with Gasteiger partial charge in [-0.25, -0.2) is 0 Å². The summed E-state index contributed by atoms with van der Waals surface area (Å²) in [4.78, 5) is 29.3. The van der Waals surface area contributed by atoms with Crippen molar-refractivity contribution in [1.82, 2.24) is 0 Å². The Bertz CT molecular complexity index is 836. The minimum atomic E-state index is -0.484. The summed E-state index contributed by atoms with van der Waals surface area (Å²) in [5.41, 5.74) is 7.87. The summed E-state index contributed by atoms with van der Waals surface area (Å²) in [6.45, 7) is 0.159. The number of amidine groups is 1. The number of fused-ring (bicyclic) bond motifs is 1. The standard InChI is InChI=1S/C17H16N4O4/c18-17(13-4-2-1-3-5-13)19-25-11-16(22)20-9-8-12-6-7-14(21(23)24)10-15(12)20/h1-7,10H,8-9,11H2,(H2,18,19). The minimum absolute atomic E-state index is 0.0503. The number of benzene rings is 2. The van der Waals surface area contributed by atoms with E-state index in [1.807, 2.05) is 18.2 Å². The van der Waals surface area contributed by atoms with Gasteiger partial charge in [0.25, 0.3) is 11.6 Å². The van der Waals surface area contributed by atoms with Gasteiger partial charge < -0.3 is 15.5 Å². The summed E-state index contributed by atoms with van der Waals surface area (Å²) in [6, 6.07) is 13.6. The zero-order valence-electron chi connectivity index (χ0n) is 13.3.